The highest BCUT2D eigenvalue weighted by atomic mass is 19.1. The first kappa shape index (κ1) is 14.5. The number of hydrogen-bond donors (Lipinski definition) is 2. The second-order valence-electron chi connectivity index (χ2n) is 5.40. The Kier molecular flexibility index (Phi) is 4.06. The van der Waals surface area contributed by atoms with Gasteiger partial charge in [-0.05, 0) is 18.4 Å². The van der Waals surface area contributed by atoms with Gasteiger partial charge in [-0.3, -0.25) is 15.1 Å². The molecule has 5 heteroatoms. The summed E-state index contributed by atoms with van der Waals surface area (Å²) < 4.78 is 14.0. The lowest BCUT2D eigenvalue weighted by Crippen LogP contribution is -2.44. The fourth-order valence-electron chi connectivity index (χ4n) is 2.29. The third kappa shape index (κ3) is 2.53. The number of nitrogens with zero attached hydrogens (tertiary/aromatic N) is 1. The second-order valence-corrected chi connectivity index (χ2v) is 5.40. The van der Waals surface area contributed by atoms with E-state index in [9.17, 15) is 9.18 Å². The average molecular weight is 277 g/mol. The molecule has 2 rings (SSSR count). The fraction of sp³-hybridized carbons (Fsp3) is 0.467. The summed E-state index contributed by atoms with van der Waals surface area (Å²) in [6.07, 6.45) is 0.445. The first-order valence-electron chi connectivity index (χ1n) is 6.88. The topological polar surface area (TPSA) is 53.5 Å². The molecule has 1 amide bonds. The highest BCUT2D eigenvalue weighted by molar-refractivity contribution is 6.09. The molecule has 1 aliphatic heterocycles. The van der Waals surface area contributed by atoms with Gasteiger partial charge in [0.15, 0.2) is 5.96 Å². The van der Waals surface area contributed by atoms with E-state index in [1.165, 1.54) is 6.07 Å². The van der Waals surface area contributed by atoms with Gasteiger partial charge < -0.3 is 5.32 Å². The number of amides is 1. The van der Waals surface area contributed by atoms with Gasteiger partial charge in [-0.2, -0.15) is 0 Å². The summed E-state index contributed by atoms with van der Waals surface area (Å²) >= 11 is 0. The van der Waals surface area contributed by atoms with Gasteiger partial charge in [0, 0.05) is 12.1 Å². The molecular weight excluding hydrogens is 257 g/mol. The van der Waals surface area contributed by atoms with Crippen LogP contribution < -0.4 is 10.6 Å². The highest BCUT2D eigenvalue weighted by Gasteiger charge is 2.46. The molecule has 0 aromatic heterocycles. The molecule has 1 aromatic rings. The van der Waals surface area contributed by atoms with Crippen LogP contribution >= 0.6 is 0 Å². The van der Waals surface area contributed by atoms with Crippen LogP contribution in [0, 0.1) is 11.7 Å². The van der Waals surface area contributed by atoms with E-state index in [0.29, 0.717) is 30.4 Å². The summed E-state index contributed by atoms with van der Waals surface area (Å²) in [4.78, 5) is 16.6. The lowest BCUT2D eigenvalue weighted by molar-refractivity contribution is -0.124. The largest absolute Gasteiger partial charge is 0.338 e. The molecule has 1 unspecified atom stereocenters. The number of nitrogens with one attached hydrogen (secondary N) is 2. The predicted octanol–water partition coefficient (Wildman–Crippen LogP) is 2.16. The molecular formula is C15H20FN3O. The van der Waals surface area contributed by atoms with Crippen molar-refractivity contribution in [3.8, 4) is 0 Å². The van der Waals surface area contributed by atoms with E-state index in [0.717, 1.165) is 0 Å². The normalized spacial score (nSPS) is 24.1. The molecule has 1 aliphatic rings. The van der Waals surface area contributed by atoms with Crippen molar-refractivity contribution < 1.29 is 9.18 Å². The molecule has 108 valence electrons. The molecule has 0 saturated carbocycles. The zero-order valence-corrected chi connectivity index (χ0v) is 12.0. The van der Waals surface area contributed by atoms with E-state index in [2.05, 4.69) is 15.6 Å². The number of benzene rings is 1. The summed E-state index contributed by atoms with van der Waals surface area (Å²) in [7, 11) is 0. The Morgan fingerprint density at radius 3 is 2.65 bits per heavy atom. The van der Waals surface area contributed by atoms with Crippen LogP contribution in [-0.2, 0) is 10.3 Å². The monoisotopic (exact) mass is 277 g/mol. The van der Waals surface area contributed by atoms with E-state index >= 15 is 0 Å². The van der Waals surface area contributed by atoms with Crippen LogP contribution in [0.2, 0.25) is 0 Å². The van der Waals surface area contributed by atoms with Crippen molar-refractivity contribution in [2.75, 3.05) is 6.54 Å². The lowest BCUT2D eigenvalue weighted by atomic mass is 9.87. The maximum atomic E-state index is 14.0. The third-order valence-electron chi connectivity index (χ3n) is 3.43. The van der Waals surface area contributed by atoms with Crippen LogP contribution in [0.4, 0.5) is 4.39 Å². The first-order valence-corrected chi connectivity index (χ1v) is 6.88. The van der Waals surface area contributed by atoms with Crippen molar-refractivity contribution in [1.82, 2.24) is 10.6 Å². The van der Waals surface area contributed by atoms with Gasteiger partial charge in [0.05, 0.1) is 0 Å². The van der Waals surface area contributed by atoms with Crippen molar-refractivity contribution in [2.45, 2.75) is 32.7 Å². The SMILES string of the molecule is CCC1(c2ccccc2F)NC(=NCC(C)C)NC1=O. The standard InChI is InChI=1S/C15H20FN3O/c1-4-15(11-7-5-6-8-12(11)16)13(20)18-14(19-15)17-9-10(2)3/h5-8,10H,4,9H2,1-3H3,(H2,17,18,19,20). The van der Waals surface area contributed by atoms with Gasteiger partial charge in [-0.15, -0.1) is 0 Å². The van der Waals surface area contributed by atoms with Gasteiger partial charge in [0.1, 0.15) is 11.4 Å². The molecule has 0 radical (unpaired) electrons. The smallest absolute Gasteiger partial charge is 0.257 e. The van der Waals surface area contributed by atoms with E-state index in [1.54, 1.807) is 18.2 Å². The quantitative estimate of drug-likeness (QED) is 0.886. The molecule has 0 spiro atoms. The van der Waals surface area contributed by atoms with E-state index < -0.39 is 5.54 Å². The Bertz CT molecular complexity index is 542. The summed E-state index contributed by atoms with van der Waals surface area (Å²) in [6, 6.07) is 6.35. The predicted molar refractivity (Wildman–Crippen MR) is 76.8 cm³/mol. The maximum Gasteiger partial charge on any atom is 0.257 e. The van der Waals surface area contributed by atoms with E-state index in [1.807, 2.05) is 20.8 Å². The minimum Gasteiger partial charge on any atom is -0.338 e. The fourth-order valence-corrected chi connectivity index (χ4v) is 2.29. The Morgan fingerprint density at radius 2 is 2.05 bits per heavy atom. The Hall–Kier alpha value is -1.91. The maximum absolute atomic E-state index is 14.0. The van der Waals surface area contributed by atoms with Crippen molar-refractivity contribution in [1.29, 1.82) is 0 Å². The molecule has 2 N–H and O–H groups in total. The van der Waals surface area contributed by atoms with Gasteiger partial charge in [0.2, 0.25) is 0 Å². The van der Waals surface area contributed by atoms with Crippen LogP contribution in [0.3, 0.4) is 0 Å². The molecule has 0 bridgehead atoms. The Labute approximate surface area is 118 Å². The molecule has 1 heterocycles. The van der Waals surface area contributed by atoms with Crippen LogP contribution in [0.25, 0.3) is 0 Å². The Morgan fingerprint density at radius 1 is 1.35 bits per heavy atom. The van der Waals surface area contributed by atoms with E-state index in [-0.39, 0.29) is 11.7 Å². The molecule has 1 aromatic carbocycles. The second kappa shape index (κ2) is 5.61. The number of carbonyl (C=O) groups is 1. The van der Waals surface area contributed by atoms with E-state index in [4.69, 9.17) is 0 Å². The first-order chi connectivity index (χ1) is 9.49. The number of guanidine groups is 1. The van der Waals surface area contributed by atoms with Crippen LogP contribution in [0.5, 0.6) is 0 Å². The summed E-state index contributed by atoms with van der Waals surface area (Å²) in [5.74, 6) is 0.176. The number of aliphatic imine (C=N–C) groups is 1. The molecule has 1 atom stereocenters. The van der Waals surface area contributed by atoms with Crippen molar-refractivity contribution >= 4 is 11.9 Å². The van der Waals surface area contributed by atoms with Crippen LogP contribution in [0.15, 0.2) is 29.3 Å². The molecule has 0 aliphatic carbocycles. The summed E-state index contributed by atoms with van der Waals surface area (Å²) in [5.41, 5.74) is -0.712. The van der Waals surface area contributed by atoms with Crippen molar-refractivity contribution in [3.63, 3.8) is 0 Å². The summed E-state index contributed by atoms with van der Waals surface area (Å²) in [6.45, 7) is 6.56. The number of rotatable bonds is 4. The van der Waals surface area contributed by atoms with Gasteiger partial charge in [-0.1, -0.05) is 39.0 Å². The molecule has 1 saturated heterocycles. The van der Waals surface area contributed by atoms with Crippen LogP contribution in [0.1, 0.15) is 32.8 Å². The van der Waals surface area contributed by atoms with Gasteiger partial charge in [0.25, 0.3) is 5.91 Å². The zero-order chi connectivity index (χ0) is 14.8. The molecule has 1 fully saturated rings. The minimum absolute atomic E-state index is 0.257. The number of hydrogen-bond acceptors (Lipinski definition) is 2. The Balaban J connectivity index is 2.35. The molecule has 20 heavy (non-hydrogen) atoms. The van der Waals surface area contributed by atoms with Crippen molar-refractivity contribution in [3.05, 3.63) is 35.6 Å². The molecule has 4 nitrogen and oxygen atoms in total. The number of carbonyl (C=O) groups excluding carboxylic acids is 1. The minimum atomic E-state index is -1.07. The van der Waals surface area contributed by atoms with Gasteiger partial charge >= 0.3 is 0 Å². The zero-order valence-electron chi connectivity index (χ0n) is 12.0. The highest BCUT2D eigenvalue weighted by Crippen LogP contribution is 2.30. The third-order valence-corrected chi connectivity index (χ3v) is 3.43. The van der Waals surface area contributed by atoms with Gasteiger partial charge in [-0.25, -0.2) is 4.39 Å². The average Bonchev–Trinajstić information content (AvgIpc) is 2.74. The van der Waals surface area contributed by atoms with Crippen LogP contribution in [-0.4, -0.2) is 18.4 Å². The summed E-state index contributed by atoms with van der Waals surface area (Å²) in [5, 5.41) is 5.78. The number of halogens is 1. The van der Waals surface area contributed by atoms with Crippen molar-refractivity contribution in [2.24, 2.45) is 10.9 Å². The lowest BCUT2D eigenvalue weighted by Gasteiger charge is -2.25.